The van der Waals surface area contributed by atoms with E-state index in [4.69, 9.17) is 0 Å². The molecule has 1 aromatic heterocycles. The molecule has 138 valence electrons. The van der Waals surface area contributed by atoms with E-state index < -0.39 is 0 Å². The number of likely N-dealkylation sites (tertiary alicyclic amines) is 2. The molecule has 2 fully saturated rings. The maximum atomic E-state index is 13.0. The Balaban J connectivity index is 1.51. The number of amides is 2. The minimum Gasteiger partial charge on any atom is -0.396 e. The quantitative estimate of drug-likeness (QED) is 0.889. The van der Waals surface area contributed by atoms with Crippen LogP contribution in [0.15, 0.2) is 23.7 Å². The highest BCUT2D eigenvalue weighted by Gasteiger charge is 2.54. The zero-order valence-corrected chi connectivity index (χ0v) is 15.7. The number of rotatable bonds is 4. The monoisotopic (exact) mass is 373 g/mol. The number of aliphatic hydroxyl groups excluding tert-OH is 1. The van der Waals surface area contributed by atoms with Crippen LogP contribution in [0.1, 0.15) is 30.1 Å². The fourth-order valence-electron chi connectivity index (χ4n) is 4.29. The lowest BCUT2D eigenvalue weighted by molar-refractivity contribution is -0.130. The Morgan fingerprint density at radius 3 is 2.81 bits per heavy atom. The average molecular weight is 373 g/mol. The first kappa shape index (κ1) is 17.4. The molecule has 0 bridgehead atoms. The fraction of sp³-hybridized carbons (Fsp3) is 0.526. The molecule has 0 spiro atoms. The summed E-state index contributed by atoms with van der Waals surface area (Å²) in [4.78, 5) is 33.2. The molecule has 2 aromatic rings. The number of carbonyl (C=O) groups excluding carboxylic acids is 2. The van der Waals surface area contributed by atoms with Crippen LogP contribution in [-0.2, 0) is 4.79 Å². The second kappa shape index (κ2) is 6.63. The molecule has 6 nitrogen and oxygen atoms in total. The number of carbonyl (C=O) groups is 2. The summed E-state index contributed by atoms with van der Waals surface area (Å²) < 4.78 is 1.00. The van der Waals surface area contributed by atoms with Crippen molar-refractivity contribution in [3.8, 4) is 0 Å². The van der Waals surface area contributed by atoms with Crippen LogP contribution >= 0.6 is 11.3 Å². The molecule has 4 rings (SSSR count). The molecule has 1 aromatic carbocycles. The maximum Gasteiger partial charge on any atom is 0.253 e. The van der Waals surface area contributed by atoms with Gasteiger partial charge in [0.15, 0.2) is 0 Å². The Morgan fingerprint density at radius 1 is 1.31 bits per heavy atom. The van der Waals surface area contributed by atoms with Crippen LogP contribution in [0.2, 0.25) is 0 Å². The zero-order chi connectivity index (χ0) is 18.3. The van der Waals surface area contributed by atoms with Crippen molar-refractivity contribution in [2.75, 3.05) is 32.8 Å². The third-order valence-corrected chi connectivity index (χ3v) is 6.55. The number of aliphatic hydroxyl groups is 1. The van der Waals surface area contributed by atoms with Gasteiger partial charge in [-0.25, -0.2) is 4.98 Å². The number of hydrogen-bond donors (Lipinski definition) is 1. The van der Waals surface area contributed by atoms with Crippen LogP contribution in [0.3, 0.4) is 0 Å². The molecule has 0 aliphatic carbocycles. The van der Waals surface area contributed by atoms with Gasteiger partial charge in [-0.1, -0.05) is 6.92 Å². The number of fused-ring (bicyclic) bond motifs is 2. The molecule has 1 N–H and O–H groups in total. The lowest BCUT2D eigenvalue weighted by Crippen LogP contribution is -2.40. The van der Waals surface area contributed by atoms with E-state index >= 15 is 0 Å². The number of thiazole rings is 1. The summed E-state index contributed by atoms with van der Waals surface area (Å²) in [6.45, 7) is 4.28. The van der Waals surface area contributed by atoms with Gasteiger partial charge in [-0.15, -0.1) is 11.3 Å². The van der Waals surface area contributed by atoms with Gasteiger partial charge in [-0.2, -0.15) is 0 Å². The predicted octanol–water partition coefficient (Wildman–Crippen LogP) is 1.99. The van der Waals surface area contributed by atoms with E-state index in [0.717, 1.165) is 16.6 Å². The van der Waals surface area contributed by atoms with E-state index in [-0.39, 0.29) is 29.8 Å². The summed E-state index contributed by atoms with van der Waals surface area (Å²) in [5, 5.41) is 10.1. The SMILES string of the molecule is CCCC(=O)N1C[C@@H]2CN(C(=O)c3ccc4ncsc4c3)C[C@]2(CO)C1. The van der Waals surface area contributed by atoms with Crippen LogP contribution in [0, 0.1) is 11.3 Å². The summed E-state index contributed by atoms with van der Waals surface area (Å²) in [6, 6.07) is 5.59. The van der Waals surface area contributed by atoms with Gasteiger partial charge in [0.2, 0.25) is 5.91 Å². The molecule has 0 unspecified atom stereocenters. The van der Waals surface area contributed by atoms with Crippen molar-refractivity contribution in [1.29, 1.82) is 0 Å². The normalized spacial score (nSPS) is 25.1. The van der Waals surface area contributed by atoms with E-state index in [9.17, 15) is 14.7 Å². The third-order valence-electron chi connectivity index (χ3n) is 5.76. The van der Waals surface area contributed by atoms with Crippen molar-refractivity contribution in [2.45, 2.75) is 19.8 Å². The topological polar surface area (TPSA) is 73.7 Å². The Morgan fingerprint density at radius 2 is 2.08 bits per heavy atom. The number of aromatic nitrogens is 1. The first-order chi connectivity index (χ1) is 12.6. The Kier molecular flexibility index (Phi) is 4.44. The largest absolute Gasteiger partial charge is 0.396 e. The van der Waals surface area contributed by atoms with E-state index in [1.165, 1.54) is 11.3 Å². The highest BCUT2D eigenvalue weighted by molar-refractivity contribution is 7.16. The van der Waals surface area contributed by atoms with Gasteiger partial charge < -0.3 is 14.9 Å². The van der Waals surface area contributed by atoms with Crippen molar-refractivity contribution < 1.29 is 14.7 Å². The molecule has 2 amide bonds. The van der Waals surface area contributed by atoms with Gasteiger partial charge in [-0.05, 0) is 24.6 Å². The second-order valence-corrected chi connectivity index (χ2v) is 8.35. The summed E-state index contributed by atoms with van der Waals surface area (Å²) in [5.74, 6) is 0.293. The summed E-state index contributed by atoms with van der Waals surface area (Å²) in [6.07, 6.45) is 1.38. The van der Waals surface area contributed by atoms with E-state index in [2.05, 4.69) is 4.98 Å². The molecule has 2 atom stereocenters. The van der Waals surface area contributed by atoms with Crippen molar-refractivity contribution >= 4 is 33.4 Å². The third kappa shape index (κ3) is 2.79. The van der Waals surface area contributed by atoms with Gasteiger partial charge in [-0.3, -0.25) is 9.59 Å². The second-order valence-electron chi connectivity index (χ2n) is 7.46. The van der Waals surface area contributed by atoms with Crippen molar-refractivity contribution in [3.05, 3.63) is 29.3 Å². The first-order valence-corrected chi connectivity index (χ1v) is 9.95. The number of benzene rings is 1. The van der Waals surface area contributed by atoms with Gasteiger partial charge in [0, 0.05) is 49.5 Å². The van der Waals surface area contributed by atoms with Crippen molar-refractivity contribution in [3.63, 3.8) is 0 Å². The Hall–Kier alpha value is -1.99. The minimum absolute atomic E-state index is 0.00519. The van der Waals surface area contributed by atoms with Crippen LogP contribution in [-0.4, -0.2) is 64.5 Å². The maximum absolute atomic E-state index is 13.0. The summed E-state index contributed by atoms with van der Waals surface area (Å²) in [7, 11) is 0. The molecule has 26 heavy (non-hydrogen) atoms. The molecule has 2 aliphatic rings. The van der Waals surface area contributed by atoms with Gasteiger partial charge >= 0.3 is 0 Å². The van der Waals surface area contributed by atoms with Crippen LogP contribution in [0.4, 0.5) is 0 Å². The number of hydrogen-bond acceptors (Lipinski definition) is 5. The van der Waals surface area contributed by atoms with Gasteiger partial charge in [0.25, 0.3) is 5.91 Å². The molecule has 0 saturated carbocycles. The summed E-state index contributed by atoms with van der Waals surface area (Å²) in [5.41, 5.74) is 2.96. The highest BCUT2D eigenvalue weighted by atomic mass is 32.1. The summed E-state index contributed by atoms with van der Waals surface area (Å²) >= 11 is 1.52. The molecular formula is C19H23N3O3S. The highest BCUT2D eigenvalue weighted by Crippen LogP contribution is 2.43. The van der Waals surface area contributed by atoms with Crippen molar-refractivity contribution in [1.82, 2.24) is 14.8 Å². The standard InChI is InChI=1S/C19H23N3O3S/c1-2-3-17(24)21-7-14-8-22(10-19(14,9-21)11-23)18(25)13-4-5-15-16(6-13)26-12-20-15/h4-6,12,14,23H,2-3,7-11H2,1H3/t14-,19+/m1/s1. The van der Waals surface area contributed by atoms with Crippen LogP contribution in [0.25, 0.3) is 10.2 Å². The van der Waals surface area contributed by atoms with Gasteiger partial charge in [0.1, 0.15) is 0 Å². The molecular weight excluding hydrogens is 350 g/mol. The fourth-order valence-corrected chi connectivity index (χ4v) is 5.01. The number of nitrogens with zero attached hydrogens (tertiary/aromatic N) is 3. The van der Waals surface area contributed by atoms with E-state index in [1.54, 1.807) is 5.51 Å². The lowest BCUT2D eigenvalue weighted by atomic mass is 9.82. The predicted molar refractivity (Wildman–Crippen MR) is 100 cm³/mol. The minimum atomic E-state index is -0.381. The lowest BCUT2D eigenvalue weighted by Gasteiger charge is -2.27. The van der Waals surface area contributed by atoms with E-state index in [1.807, 2.05) is 34.9 Å². The van der Waals surface area contributed by atoms with Crippen LogP contribution < -0.4 is 0 Å². The van der Waals surface area contributed by atoms with Gasteiger partial charge in [0.05, 0.1) is 22.3 Å². The van der Waals surface area contributed by atoms with Crippen LogP contribution in [0.5, 0.6) is 0 Å². The Bertz CT molecular complexity index is 851. The molecule has 7 heteroatoms. The smallest absolute Gasteiger partial charge is 0.253 e. The Labute approximate surface area is 156 Å². The molecule has 0 radical (unpaired) electrons. The molecule has 2 saturated heterocycles. The van der Waals surface area contributed by atoms with E-state index in [0.29, 0.717) is 38.2 Å². The zero-order valence-electron chi connectivity index (χ0n) is 14.9. The molecule has 2 aliphatic heterocycles. The molecule has 3 heterocycles. The average Bonchev–Trinajstić information content (AvgIpc) is 3.32. The van der Waals surface area contributed by atoms with Crippen molar-refractivity contribution in [2.24, 2.45) is 11.3 Å². The first-order valence-electron chi connectivity index (χ1n) is 9.07.